The van der Waals surface area contributed by atoms with Crippen LogP contribution in [0, 0.1) is 0 Å². The fourth-order valence-electron chi connectivity index (χ4n) is 3.40. The molecule has 0 bridgehead atoms. The van der Waals surface area contributed by atoms with Gasteiger partial charge >= 0.3 is 8.56 Å². The minimum Gasteiger partial charge on any atom is -0.392 e. The van der Waals surface area contributed by atoms with Crippen LogP contribution in [-0.4, -0.2) is 21.8 Å². The number of hydrogen-bond donors (Lipinski definition) is 0. The molecule has 0 aromatic heterocycles. The van der Waals surface area contributed by atoms with Crippen molar-refractivity contribution < 1.29 is 8.85 Å². The summed E-state index contributed by atoms with van der Waals surface area (Å²) in [6.45, 7) is 12.4. The number of hydrogen-bond acceptors (Lipinski definition) is 2. The molecular weight excluding hydrogens is 288 g/mol. The molecule has 0 spiro atoms. The lowest BCUT2D eigenvalue weighted by Gasteiger charge is -2.29. The van der Waals surface area contributed by atoms with Crippen LogP contribution >= 0.6 is 0 Å². The van der Waals surface area contributed by atoms with Gasteiger partial charge in [0.2, 0.25) is 0 Å². The maximum atomic E-state index is 6.12. The molecule has 0 heterocycles. The minimum absolute atomic E-state index is 0.746. The molecule has 0 aromatic carbocycles. The van der Waals surface area contributed by atoms with Crippen LogP contribution in [0.1, 0.15) is 79.1 Å². The van der Waals surface area contributed by atoms with E-state index in [2.05, 4.69) is 40.3 Å². The summed E-state index contributed by atoms with van der Waals surface area (Å²) in [4.78, 5) is 0. The molecule has 0 unspecified atom stereocenters. The van der Waals surface area contributed by atoms with E-state index in [1.165, 1.54) is 55.7 Å². The van der Waals surface area contributed by atoms with Crippen LogP contribution in [0.15, 0.2) is 22.4 Å². The first-order valence-corrected chi connectivity index (χ1v) is 11.6. The molecule has 0 atom stereocenters. The second-order valence-electron chi connectivity index (χ2n) is 6.38. The molecule has 0 N–H and O–H groups in total. The first-order valence-electron chi connectivity index (χ1n) is 9.26. The summed E-state index contributed by atoms with van der Waals surface area (Å²) in [5.41, 5.74) is 3.01. The molecule has 0 aromatic rings. The molecule has 128 valence electrons. The fourth-order valence-corrected chi connectivity index (χ4v) is 6.27. The zero-order valence-corrected chi connectivity index (χ0v) is 16.5. The van der Waals surface area contributed by atoms with Gasteiger partial charge in [0.1, 0.15) is 0 Å². The largest absolute Gasteiger partial charge is 0.392 e. The van der Waals surface area contributed by atoms with Crippen LogP contribution in [0.4, 0.5) is 0 Å². The monoisotopic (exact) mass is 324 g/mol. The van der Waals surface area contributed by atoms with E-state index in [9.17, 15) is 0 Å². The lowest BCUT2D eigenvalue weighted by Crippen LogP contribution is -2.41. The summed E-state index contributed by atoms with van der Waals surface area (Å²) < 4.78 is 12.2. The molecule has 0 fully saturated rings. The smallest absolute Gasteiger partial charge is 0.365 e. The van der Waals surface area contributed by atoms with Crippen molar-refractivity contribution in [1.82, 2.24) is 0 Å². The van der Waals surface area contributed by atoms with Gasteiger partial charge in [-0.25, -0.2) is 0 Å². The van der Waals surface area contributed by atoms with Crippen molar-refractivity contribution in [3.63, 3.8) is 0 Å². The third kappa shape index (κ3) is 5.67. The molecular formula is C19H36O2Si. The van der Waals surface area contributed by atoms with E-state index in [4.69, 9.17) is 8.85 Å². The second kappa shape index (κ2) is 10.4. The van der Waals surface area contributed by atoms with Crippen molar-refractivity contribution in [1.29, 1.82) is 0 Å². The Morgan fingerprint density at radius 2 is 1.55 bits per heavy atom. The summed E-state index contributed by atoms with van der Waals surface area (Å²) in [6, 6.07) is 0. The Morgan fingerprint density at radius 1 is 0.955 bits per heavy atom. The number of unbranched alkanes of at least 4 members (excludes halogenated alkanes) is 5. The molecule has 1 rings (SSSR count). The highest BCUT2D eigenvalue weighted by Crippen LogP contribution is 2.36. The predicted octanol–water partition coefficient (Wildman–Crippen LogP) is 6.07. The van der Waals surface area contributed by atoms with Gasteiger partial charge < -0.3 is 8.85 Å². The van der Waals surface area contributed by atoms with E-state index < -0.39 is 8.56 Å². The molecule has 0 saturated carbocycles. The maximum Gasteiger partial charge on any atom is 0.365 e. The standard InChI is InChI=1S/C19H36O2Si/c1-6-9-10-11-12-13-14-18-17(4)15-16-19(18)22(5,20-7-2)21-8-3/h15H,6-14,16H2,1-5H3. The Balaban J connectivity index is 2.66. The topological polar surface area (TPSA) is 18.5 Å². The first-order chi connectivity index (χ1) is 10.6. The van der Waals surface area contributed by atoms with Crippen molar-refractivity contribution in [2.75, 3.05) is 13.2 Å². The van der Waals surface area contributed by atoms with E-state index in [0.29, 0.717) is 0 Å². The zero-order valence-electron chi connectivity index (χ0n) is 15.5. The van der Waals surface area contributed by atoms with Crippen LogP contribution in [-0.2, 0) is 8.85 Å². The fraction of sp³-hybridized carbons (Fsp3) is 0.789. The molecule has 1 aliphatic carbocycles. The minimum atomic E-state index is -2.17. The summed E-state index contributed by atoms with van der Waals surface area (Å²) in [5, 5.41) is 1.49. The predicted molar refractivity (Wildman–Crippen MR) is 98.3 cm³/mol. The summed E-state index contributed by atoms with van der Waals surface area (Å²) in [7, 11) is -2.17. The van der Waals surface area contributed by atoms with Crippen LogP contribution in [0.5, 0.6) is 0 Å². The summed E-state index contributed by atoms with van der Waals surface area (Å²) in [6.07, 6.45) is 12.7. The van der Waals surface area contributed by atoms with Crippen LogP contribution < -0.4 is 0 Å². The summed E-state index contributed by atoms with van der Waals surface area (Å²) >= 11 is 0. The molecule has 22 heavy (non-hydrogen) atoms. The van der Waals surface area contributed by atoms with Gasteiger partial charge in [-0.2, -0.15) is 0 Å². The van der Waals surface area contributed by atoms with Gasteiger partial charge in [-0.1, -0.05) is 50.7 Å². The van der Waals surface area contributed by atoms with Crippen LogP contribution in [0.2, 0.25) is 6.55 Å². The average Bonchev–Trinajstić information content (AvgIpc) is 2.85. The molecule has 0 radical (unpaired) electrons. The third-order valence-electron chi connectivity index (χ3n) is 4.62. The Morgan fingerprint density at radius 3 is 2.14 bits per heavy atom. The van der Waals surface area contributed by atoms with Crippen LogP contribution in [0.25, 0.3) is 0 Å². The highest BCUT2D eigenvalue weighted by atomic mass is 28.4. The van der Waals surface area contributed by atoms with E-state index in [0.717, 1.165) is 19.6 Å². The first kappa shape index (κ1) is 19.7. The molecule has 0 amide bonds. The normalized spacial score (nSPS) is 15.6. The average molecular weight is 325 g/mol. The van der Waals surface area contributed by atoms with Gasteiger partial charge in [0.25, 0.3) is 0 Å². The molecule has 2 nitrogen and oxygen atoms in total. The van der Waals surface area contributed by atoms with Gasteiger partial charge in [0, 0.05) is 13.2 Å². The van der Waals surface area contributed by atoms with Gasteiger partial charge in [-0.15, -0.1) is 0 Å². The van der Waals surface area contributed by atoms with Crippen molar-refractivity contribution in [3.8, 4) is 0 Å². The number of rotatable bonds is 12. The Kier molecular flexibility index (Phi) is 9.30. The Bertz CT molecular complexity index is 379. The summed E-state index contributed by atoms with van der Waals surface area (Å²) in [5.74, 6) is 0. The molecule has 0 saturated heterocycles. The molecule has 3 heteroatoms. The Labute approximate surface area is 139 Å². The van der Waals surface area contributed by atoms with Crippen molar-refractivity contribution in [2.45, 2.75) is 85.6 Å². The van der Waals surface area contributed by atoms with Crippen molar-refractivity contribution in [2.24, 2.45) is 0 Å². The van der Waals surface area contributed by atoms with Gasteiger partial charge in [0.05, 0.1) is 0 Å². The van der Waals surface area contributed by atoms with Crippen molar-refractivity contribution in [3.05, 3.63) is 22.4 Å². The highest BCUT2D eigenvalue weighted by molar-refractivity contribution is 6.74. The van der Waals surface area contributed by atoms with E-state index in [-0.39, 0.29) is 0 Å². The van der Waals surface area contributed by atoms with Crippen molar-refractivity contribution >= 4 is 8.56 Å². The van der Waals surface area contributed by atoms with E-state index in [1.807, 2.05) is 0 Å². The van der Waals surface area contributed by atoms with Crippen LogP contribution in [0.3, 0.4) is 0 Å². The molecule has 1 aliphatic rings. The van der Waals surface area contributed by atoms with E-state index in [1.54, 1.807) is 5.57 Å². The maximum absolute atomic E-state index is 6.12. The lowest BCUT2D eigenvalue weighted by atomic mass is 10.0. The number of allylic oxidation sites excluding steroid dienone is 4. The Hall–Kier alpha value is -0.383. The SMILES string of the molecule is CCCCCCCCC1=C([Si](C)(OCC)OCC)CC=C1C. The van der Waals surface area contributed by atoms with Gasteiger partial charge in [0.15, 0.2) is 0 Å². The molecule has 0 aliphatic heterocycles. The quantitative estimate of drug-likeness (QED) is 0.320. The van der Waals surface area contributed by atoms with Gasteiger partial charge in [-0.3, -0.25) is 0 Å². The van der Waals surface area contributed by atoms with E-state index >= 15 is 0 Å². The zero-order chi connectivity index (χ0) is 16.4. The highest BCUT2D eigenvalue weighted by Gasteiger charge is 2.39. The lowest BCUT2D eigenvalue weighted by molar-refractivity contribution is 0.197. The third-order valence-corrected chi connectivity index (χ3v) is 7.90. The second-order valence-corrected chi connectivity index (χ2v) is 9.45. The van der Waals surface area contributed by atoms with Gasteiger partial charge in [-0.05, 0) is 57.4 Å².